The quantitative estimate of drug-likeness (QED) is 0.585. The summed E-state index contributed by atoms with van der Waals surface area (Å²) in [5.74, 6) is 1.04. The highest BCUT2D eigenvalue weighted by molar-refractivity contribution is 6.01. The van der Waals surface area contributed by atoms with Gasteiger partial charge >= 0.3 is 0 Å². The number of nitrogens with one attached hydrogen (secondary N) is 1. The molecule has 3 aromatic rings. The van der Waals surface area contributed by atoms with E-state index in [1.54, 1.807) is 4.90 Å². The number of rotatable bonds is 8. The number of aryl methyl sites for hydroxylation is 1. The minimum Gasteiger partial charge on any atom is -0.354 e. The second kappa shape index (κ2) is 8.65. The van der Waals surface area contributed by atoms with Gasteiger partial charge in [-0.1, -0.05) is 38.1 Å². The van der Waals surface area contributed by atoms with Crippen LogP contribution in [0.3, 0.4) is 0 Å². The van der Waals surface area contributed by atoms with Gasteiger partial charge in [-0.2, -0.15) is 0 Å². The molecule has 2 aromatic heterocycles. The van der Waals surface area contributed by atoms with Crippen LogP contribution in [0.2, 0.25) is 0 Å². The molecule has 0 bridgehead atoms. The Morgan fingerprint density at radius 1 is 1.13 bits per heavy atom. The minimum atomic E-state index is -0.459. The van der Waals surface area contributed by atoms with Crippen molar-refractivity contribution in [2.75, 3.05) is 6.54 Å². The Labute approximate surface area is 176 Å². The van der Waals surface area contributed by atoms with Crippen LogP contribution in [0.25, 0.3) is 5.65 Å². The van der Waals surface area contributed by atoms with Crippen LogP contribution in [0, 0.1) is 5.92 Å². The van der Waals surface area contributed by atoms with Gasteiger partial charge in [-0.25, -0.2) is 0 Å². The molecule has 4 rings (SSSR count). The van der Waals surface area contributed by atoms with Gasteiger partial charge in [0.15, 0.2) is 5.65 Å². The third kappa shape index (κ3) is 4.06. The summed E-state index contributed by atoms with van der Waals surface area (Å²) in [6, 6.07) is 12.9. The van der Waals surface area contributed by atoms with Gasteiger partial charge in [0.1, 0.15) is 11.9 Å². The first-order chi connectivity index (χ1) is 14.5. The van der Waals surface area contributed by atoms with Gasteiger partial charge in [-0.15, -0.1) is 10.2 Å². The van der Waals surface area contributed by atoms with Crippen LogP contribution in [0.1, 0.15) is 48.4 Å². The van der Waals surface area contributed by atoms with Gasteiger partial charge in [0, 0.05) is 31.3 Å². The highest BCUT2D eigenvalue weighted by Gasteiger charge is 2.36. The van der Waals surface area contributed by atoms with Crippen LogP contribution in [-0.4, -0.2) is 43.9 Å². The molecule has 2 amide bonds. The van der Waals surface area contributed by atoms with Crippen molar-refractivity contribution in [2.24, 2.45) is 5.92 Å². The molecule has 1 atom stereocenters. The predicted molar refractivity (Wildman–Crippen MR) is 114 cm³/mol. The standard InChI is InChI=1S/C23H27N5O2/c1-16(2)14-19(28-15-17-8-3-4-9-18(17)23(28)30)22(29)24-12-7-11-21-26-25-20-10-5-6-13-27(20)21/h3-6,8-10,13,16,19H,7,11-12,14-15H2,1-2H3,(H,24,29). The monoisotopic (exact) mass is 405 g/mol. The average molecular weight is 406 g/mol. The highest BCUT2D eigenvalue weighted by atomic mass is 16.2. The number of pyridine rings is 1. The summed E-state index contributed by atoms with van der Waals surface area (Å²) in [6.45, 7) is 5.17. The number of amides is 2. The van der Waals surface area contributed by atoms with Crippen molar-refractivity contribution in [2.45, 2.75) is 45.7 Å². The molecular weight excluding hydrogens is 378 g/mol. The van der Waals surface area contributed by atoms with Gasteiger partial charge in [0.05, 0.1) is 0 Å². The van der Waals surface area contributed by atoms with Crippen LogP contribution in [-0.2, 0) is 17.8 Å². The molecule has 3 heterocycles. The van der Waals surface area contributed by atoms with Crippen molar-refractivity contribution in [1.29, 1.82) is 0 Å². The molecule has 0 saturated carbocycles. The molecule has 0 fully saturated rings. The number of hydrogen-bond acceptors (Lipinski definition) is 4. The number of nitrogens with zero attached hydrogens (tertiary/aromatic N) is 4. The zero-order valence-electron chi connectivity index (χ0n) is 17.4. The number of aromatic nitrogens is 3. The molecule has 156 valence electrons. The topological polar surface area (TPSA) is 79.6 Å². The van der Waals surface area contributed by atoms with Crippen LogP contribution >= 0.6 is 0 Å². The summed E-state index contributed by atoms with van der Waals surface area (Å²) >= 11 is 0. The van der Waals surface area contributed by atoms with Gasteiger partial charge < -0.3 is 10.2 Å². The third-order valence-electron chi connectivity index (χ3n) is 5.48. The summed E-state index contributed by atoms with van der Waals surface area (Å²) in [5.41, 5.74) is 2.51. The van der Waals surface area contributed by atoms with Crippen molar-refractivity contribution in [1.82, 2.24) is 24.8 Å². The van der Waals surface area contributed by atoms with E-state index in [1.165, 1.54) is 0 Å². The summed E-state index contributed by atoms with van der Waals surface area (Å²) < 4.78 is 1.96. The molecule has 1 unspecified atom stereocenters. The second-order valence-electron chi connectivity index (χ2n) is 8.18. The summed E-state index contributed by atoms with van der Waals surface area (Å²) in [4.78, 5) is 27.6. The van der Waals surface area contributed by atoms with Crippen LogP contribution in [0.4, 0.5) is 0 Å². The Kier molecular flexibility index (Phi) is 5.79. The SMILES string of the molecule is CC(C)CC(C(=O)NCCCc1nnc2ccccn12)N1Cc2ccccc2C1=O. The predicted octanol–water partition coefficient (Wildman–Crippen LogP) is 2.85. The molecule has 1 aliphatic rings. The first-order valence-electron chi connectivity index (χ1n) is 10.5. The molecule has 7 nitrogen and oxygen atoms in total. The molecule has 30 heavy (non-hydrogen) atoms. The second-order valence-corrected chi connectivity index (χ2v) is 8.18. The number of carbonyl (C=O) groups is 2. The van der Waals surface area contributed by atoms with E-state index in [-0.39, 0.29) is 11.8 Å². The lowest BCUT2D eigenvalue weighted by molar-refractivity contribution is -0.126. The number of benzene rings is 1. The highest BCUT2D eigenvalue weighted by Crippen LogP contribution is 2.26. The molecule has 0 aliphatic carbocycles. The van der Waals surface area contributed by atoms with Crippen molar-refractivity contribution >= 4 is 17.5 Å². The zero-order valence-corrected chi connectivity index (χ0v) is 17.4. The summed E-state index contributed by atoms with van der Waals surface area (Å²) in [7, 11) is 0. The Bertz CT molecular complexity index is 1060. The normalized spacial score (nSPS) is 14.4. The molecule has 7 heteroatoms. The van der Waals surface area contributed by atoms with Crippen LogP contribution < -0.4 is 5.32 Å². The van der Waals surface area contributed by atoms with E-state index in [2.05, 4.69) is 29.4 Å². The molecule has 1 N–H and O–H groups in total. The summed E-state index contributed by atoms with van der Waals surface area (Å²) in [5, 5.41) is 11.4. The maximum atomic E-state index is 13.0. The fourth-order valence-electron chi connectivity index (χ4n) is 3.99. The van der Waals surface area contributed by atoms with Gasteiger partial charge in [-0.3, -0.25) is 14.0 Å². The number of hydrogen-bond donors (Lipinski definition) is 1. The van der Waals surface area contributed by atoms with Gasteiger partial charge in [0.2, 0.25) is 5.91 Å². The Morgan fingerprint density at radius 3 is 2.73 bits per heavy atom. The lowest BCUT2D eigenvalue weighted by Crippen LogP contribution is -2.48. The van der Waals surface area contributed by atoms with E-state index in [4.69, 9.17) is 0 Å². The summed E-state index contributed by atoms with van der Waals surface area (Å²) in [6.07, 6.45) is 4.05. The van der Waals surface area contributed by atoms with Crippen molar-refractivity contribution < 1.29 is 9.59 Å². The fourth-order valence-corrected chi connectivity index (χ4v) is 3.99. The van der Waals surface area contributed by atoms with Gasteiger partial charge in [-0.05, 0) is 42.5 Å². The van der Waals surface area contributed by atoms with Crippen LogP contribution in [0.15, 0.2) is 48.7 Å². The maximum absolute atomic E-state index is 13.0. The van der Waals surface area contributed by atoms with E-state index in [9.17, 15) is 9.59 Å². The Balaban J connectivity index is 1.36. The van der Waals surface area contributed by atoms with E-state index in [1.807, 2.05) is 53.1 Å². The van der Waals surface area contributed by atoms with Crippen molar-refractivity contribution in [3.63, 3.8) is 0 Å². The fraction of sp³-hybridized carbons (Fsp3) is 0.391. The molecule has 0 saturated heterocycles. The lowest BCUT2D eigenvalue weighted by atomic mass is 10.0. The molecule has 1 aliphatic heterocycles. The Hall–Kier alpha value is -3.22. The average Bonchev–Trinajstić information content (AvgIpc) is 3.30. The molecule has 1 aromatic carbocycles. The number of carbonyl (C=O) groups excluding carboxylic acids is 2. The Morgan fingerprint density at radius 2 is 1.93 bits per heavy atom. The zero-order chi connectivity index (χ0) is 21.1. The van der Waals surface area contributed by atoms with E-state index in [0.29, 0.717) is 37.4 Å². The molecular formula is C23H27N5O2. The van der Waals surface area contributed by atoms with Crippen molar-refractivity contribution in [3.05, 3.63) is 65.6 Å². The number of fused-ring (bicyclic) bond motifs is 2. The molecule has 0 radical (unpaired) electrons. The van der Waals surface area contributed by atoms with Crippen molar-refractivity contribution in [3.8, 4) is 0 Å². The van der Waals surface area contributed by atoms with Crippen LogP contribution in [0.5, 0.6) is 0 Å². The van der Waals surface area contributed by atoms with E-state index >= 15 is 0 Å². The molecule has 0 spiro atoms. The minimum absolute atomic E-state index is 0.0543. The lowest BCUT2D eigenvalue weighted by Gasteiger charge is -2.28. The van der Waals surface area contributed by atoms with E-state index in [0.717, 1.165) is 23.5 Å². The third-order valence-corrected chi connectivity index (χ3v) is 5.48. The largest absolute Gasteiger partial charge is 0.354 e. The smallest absolute Gasteiger partial charge is 0.255 e. The van der Waals surface area contributed by atoms with Gasteiger partial charge in [0.25, 0.3) is 5.91 Å². The maximum Gasteiger partial charge on any atom is 0.255 e. The van der Waals surface area contributed by atoms with E-state index < -0.39 is 6.04 Å². The first kappa shape index (κ1) is 20.1. The first-order valence-corrected chi connectivity index (χ1v) is 10.5.